The molecule has 0 amide bonds. The number of rotatable bonds is 14. The fraction of sp³-hybridized carbons (Fsp3) is 0.565. The molecule has 58 heavy (non-hydrogen) atoms. The fourth-order valence-electron chi connectivity index (χ4n) is 9.66. The van der Waals surface area contributed by atoms with Crippen molar-refractivity contribution in [1.82, 2.24) is 31.0 Å². The third-order valence-corrected chi connectivity index (χ3v) is 13.0. The van der Waals surface area contributed by atoms with Crippen molar-refractivity contribution >= 4 is 23.3 Å². The molecule has 2 fully saturated rings. The van der Waals surface area contributed by atoms with Gasteiger partial charge in [0.15, 0.2) is 0 Å². The highest BCUT2D eigenvalue weighted by Gasteiger charge is 2.36. The van der Waals surface area contributed by atoms with Crippen LogP contribution < -0.4 is 20.7 Å². The second kappa shape index (κ2) is 19.1. The molecule has 6 aliphatic rings. The molecule has 0 radical (unpaired) electrons. The van der Waals surface area contributed by atoms with E-state index in [1.54, 1.807) is 10.3 Å². The quantitative estimate of drug-likeness (QED) is 0.210. The van der Waals surface area contributed by atoms with Gasteiger partial charge >= 0.3 is 11.9 Å². The first-order valence-electron chi connectivity index (χ1n) is 22.1. The lowest BCUT2D eigenvalue weighted by atomic mass is 9.91. The zero-order valence-electron chi connectivity index (χ0n) is 34.8. The minimum absolute atomic E-state index is 0.160. The Bertz CT molecular complexity index is 1680. The van der Waals surface area contributed by atoms with Crippen LogP contribution in [-0.2, 0) is 19.3 Å². The predicted octanol–water partition coefficient (Wildman–Crippen LogP) is 6.31. The maximum absolute atomic E-state index is 13.0. The van der Waals surface area contributed by atoms with Crippen LogP contribution in [0.1, 0.15) is 88.2 Å². The number of allylic oxidation sites excluding steroid dienone is 2. The lowest BCUT2D eigenvalue weighted by Crippen LogP contribution is -2.47. The third-order valence-electron chi connectivity index (χ3n) is 13.0. The van der Waals surface area contributed by atoms with Crippen molar-refractivity contribution in [3.63, 3.8) is 0 Å². The molecule has 2 N–H and O–H groups in total. The number of benzene rings is 2. The van der Waals surface area contributed by atoms with Gasteiger partial charge in [0.2, 0.25) is 0 Å². The van der Waals surface area contributed by atoms with E-state index in [-0.39, 0.29) is 12.1 Å². The van der Waals surface area contributed by atoms with Gasteiger partial charge in [0.25, 0.3) is 0 Å². The molecule has 0 aromatic heterocycles. The number of hydrazine groups is 2. The zero-order chi connectivity index (χ0) is 39.8. The van der Waals surface area contributed by atoms with Gasteiger partial charge in [0.05, 0.1) is 23.5 Å². The van der Waals surface area contributed by atoms with Crippen LogP contribution in [0.3, 0.4) is 0 Å². The number of nitrogens with zero attached hydrogens (tertiary/aromatic N) is 6. The van der Waals surface area contributed by atoms with Gasteiger partial charge in [-0.2, -0.15) is 10.9 Å². The number of piperazine rings is 2. The van der Waals surface area contributed by atoms with E-state index in [9.17, 15) is 9.59 Å². The van der Waals surface area contributed by atoms with E-state index in [1.807, 2.05) is 0 Å². The number of anilines is 2. The van der Waals surface area contributed by atoms with Crippen molar-refractivity contribution in [3.8, 4) is 0 Å². The molecule has 4 heterocycles. The van der Waals surface area contributed by atoms with Crippen molar-refractivity contribution in [3.05, 3.63) is 94.4 Å². The lowest BCUT2D eigenvalue weighted by molar-refractivity contribution is -0.190. The van der Waals surface area contributed by atoms with Gasteiger partial charge in [-0.05, 0) is 139 Å². The molecule has 4 aliphatic heterocycles. The number of hydrogen-bond acceptors (Lipinski definition) is 12. The molecular weight excluding hydrogens is 729 g/mol. The second-order valence-electron chi connectivity index (χ2n) is 17.1. The van der Waals surface area contributed by atoms with Gasteiger partial charge in [-0.25, -0.2) is 9.59 Å². The molecule has 2 aliphatic carbocycles. The summed E-state index contributed by atoms with van der Waals surface area (Å²) in [6, 6.07) is 18.0. The topological polar surface area (TPSA) is 96.1 Å². The summed E-state index contributed by atoms with van der Waals surface area (Å²) in [6.45, 7) is 14.9. The van der Waals surface area contributed by atoms with Crippen LogP contribution in [0, 0.1) is 13.8 Å². The van der Waals surface area contributed by atoms with E-state index >= 15 is 0 Å². The number of nitrogens with one attached hydrogen (secondary N) is 2. The number of carbonyl (C=O) groups excluding carboxylic acids is 2. The molecule has 312 valence electrons. The van der Waals surface area contributed by atoms with Gasteiger partial charge < -0.3 is 19.5 Å². The zero-order valence-corrected chi connectivity index (χ0v) is 34.8. The first kappa shape index (κ1) is 40.4. The summed E-state index contributed by atoms with van der Waals surface area (Å²) in [5, 5.41) is 3.15. The van der Waals surface area contributed by atoms with Crippen molar-refractivity contribution in [2.45, 2.75) is 103 Å². The smallest absolute Gasteiger partial charge is 0.358 e. The Hall–Kier alpha value is -4.36. The van der Waals surface area contributed by atoms with Gasteiger partial charge in [0, 0.05) is 75.9 Å². The molecule has 2 aromatic carbocycles. The summed E-state index contributed by atoms with van der Waals surface area (Å²) >= 11 is 0. The van der Waals surface area contributed by atoms with Crippen LogP contribution in [0.15, 0.2) is 83.2 Å². The number of hydrogen-bond donors (Lipinski definition) is 2. The Morgan fingerprint density at radius 2 is 0.948 bits per heavy atom. The first-order valence-corrected chi connectivity index (χ1v) is 22.1. The van der Waals surface area contributed by atoms with E-state index < -0.39 is 11.9 Å². The lowest BCUT2D eigenvalue weighted by Gasteiger charge is -2.36. The van der Waals surface area contributed by atoms with Crippen LogP contribution in [0.4, 0.5) is 11.4 Å². The van der Waals surface area contributed by atoms with Crippen molar-refractivity contribution in [1.29, 1.82) is 0 Å². The number of aryl methyl sites for hydroxylation is 2. The van der Waals surface area contributed by atoms with Gasteiger partial charge in [-0.1, -0.05) is 35.4 Å². The van der Waals surface area contributed by atoms with Crippen LogP contribution >= 0.6 is 0 Å². The van der Waals surface area contributed by atoms with Crippen molar-refractivity contribution < 1.29 is 19.3 Å². The maximum atomic E-state index is 13.0. The Labute approximate surface area is 345 Å². The summed E-state index contributed by atoms with van der Waals surface area (Å²) in [4.78, 5) is 47.8. The van der Waals surface area contributed by atoms with Crippen LogP contribution in [0.25, 0.3) is 0 Å². The molecule has 2 atom stereocenters. The average molecular weight is 793 g/mol. The maximum Gasteiger partial charge on any atom is 0.358 e. The average Bonchev–Trinajstić information content (AvgIpc) is 3.78. The molecular formula is C46H64N8O4. The molecule has 0 saturated carbocycles. The summed E-state index contributed by atoms with van der Waals surface area (Å²) in [7, 11) is 0. The van der Waals surface area contributed by atoms with Gasteiger partial charge in [-0.3, -0.25) is 9.80 Å². The highest BCUT2D eigenvalue weighted by atomic mass is 16.7. The van der Waals surface area contributed by atoms with Crippen LogP contribution in [0.5, 0.6) is 0 Å². The molecule has 0 bridgehead atoms. The SMILES string of the molecule is Cc1ccc(N2CCN(CCCC3NN(OC(=O)/C=C\C(=O)ON4NC(CCCN5CCN(c6ccc(C)cc6)CC5)C5=C4CCCC5)C4=C3CCCC4)CC2)cc1. The largest absolute Gasteiger partial charge is 0.369 e. The molecule has 0 spiro atoms. The van der Waals surface area contributed by atoms with E-state index in [4.69, 9.17) is 9.68 Å². The highest BCUT2D eigenvalue weighted by molar-refractivity contribution is 5.91. The Morgan fingerprint density at radius 3 is 1.34 bits per heavy atom. The molecule has 2 saturated heterocycles. The van der Waals surface area contributed by atoms with Crippen molar-refractivity contribution in [2.75, 3.05) is 75.2 Å². The van der Waals surface area contributed by atoms with Crippen LogP contribution in [-0.4, -0.2) is 110 Å². The van der Waals surface area contributed by atoms with E-state index in [2.05, 4.69) is 92.8 Å². The third kappa shape index (κ3) is 10.1. The molecule has 12 heteroatoms. The van der Waals surface area contributed by atoms with Crippen LogP contribution in [0.2, 0.25) is 0 Å². The van der Waals surface area contributed by atoms with E-state index in [1.165, 1.54) is 45.8 Å². The normalized spacial score (nSPS) is 23.2. The molecule has 8 rings (SSSR count). The number of carbonyl (C=O) groups is 2. The predicted molar refractivity (Wildman–Crippen MR) is 228 cm³/mol. The fourth-order valence-corrected chi connectivity index (χ4v) is 9.66. The minimum atomic E-state index is -0.599. The highest BCUT2D eigenvalue weighted by Crippen LogP contribution is 2.37. The van der Waals surface area contributed by atoms with Crippen molar-refractivity contribution in [2.24, 2.45) is 0 Å². The molecule has 2 aromatic rings. The monoisotopic (exact) mass is 793 g/mol. The number of hydroxylamine groups is 2. The molecule has 2 unspecified atom stereocenters. The first-order chi connectivity index (χ1) is 28.4. The summed E-state index contributed by atoms with van der Waals surface area (Å²) in [6.07, 6.45) is 14.7. The summed E-state index contributed by atoms with van der Waals surface area (Å²) in [5.74, 6) is -1.20. The Morgan fingerprint density at radius 1 is 0.569 bits per heavy atom. The van der Waals surface area contributed by atoms with E-state index in [0.717, 1.165) is 154 Å². The second-order valence-corrected chi connectivity index (χ2v) is 17.1. The minimum Gasteiger partial charge on any atom is -0.369 e. The Kier molecular flexibility index (Phi) is 13.3. The summed E-state index contributed by atoms with van der Waals surface area (Å²) < 4.78 is 0. The van der Waals surface area contributed by atoms with E-state index in [0.29, 0.717) is 0 Å². The molecule has 12 nitrogen and oxygen atoms in total. The van der Waals surface area contributed by atoms with Gasteiger partial charge in [0.1, 0.15) is 0 Å². The summed E-state index contributed by atoms with van der Waals surface area (Å²) in [5.41, 5.74) is 17.0. The Balaban J connectivity index is 0.757. The van der Waals surface area contributed by atoms with Gasteiger partial charge in [-0.15, -0.1) is 10.3 Å². The standard InChI is InChI=1S/C46H64N8O4/c1-35-15-19-37(20-16-35)51-31-27-49(28-32-51)25-7-11-41-39-9-3-5-13-43(39)53(47-41)57-45(55)23-24-46(56)58-54-44-14-6-4-10-40(44)42(48-54)12-8-26-50-29-33-52(34-30-50)38-21-17-36(2)18-22-38/h15-24,41-42,47-48H,3-14,25-34H2,1-2H3/b24-23-.